The number of hydrogen-bond donors (Lipinski definition) is 0. The number of fused-ring (bicyclic) bond motifs is 1. The highest BCUT2D eigenvalue weighted by Crippen LogP contribution is 2.40. The second-order valence-corrected chi connectivity index (χ2v) is 6.01. The Morgan fingerprint density at radius 2 is 2.06 bits per heavy atom. The van der Waals surface area contributed by atoms with Gasteiger partial charge in [0.2, 0.25) is 0 Å². The van der Waals surface area contributed by atoms with E-state index in [2.05, 4.69) is 4.90 Å². The maximum absolute atomic E-state index is 11.9. The van der Waals surface area contributed by atoms with Crippen molar-refractivity contribution in [3.8, 4) is 0 Å². The van der Waals surface area contributed by atoms with Crippen molar-refractivity contribution in [3.05, 3.63) is 33.8 Å². The molecular formula is C14H15Cl2NO. The fourth-order valence-electron chi connectivity index (χ4n) is 3.23. The first-order valence-electron chi connectivity index (χ1n) is 6.37. The number of carbonyl (C=O) groups excluding carboxylic acids is 1. The third-order valence-electron chi connectivity index (χ3n) is 4.03. The number of hydrogen-bond acceptors (Lipinski definition) is 2. The van der Waals surface area contributed by atoms with Crippen molar-refractivity contribution in [3.63, 3.8) is 0 Å². The van der Waals surface area contributed by atoms with Crippen LogP contribution in [0.15, 0.2) is 18.2 Å². The topological polar surface area (TPSA) is 20.3 Å². The predicted molar refractivity (Wildman–Crippen MR) is 73.2 cm³/mol. The van der Waals surface area contributed by atoms with Crippen molar-refractivity contribution in [2.45, 2.75) is 37.8 Å². The first kappa shape index (κ1) is 12.5. The number of piperidine rings is 1. The minimum Gasteiger partial charge on any atom is -0.300 e. The second-order valence-electron chi connectivity index (χ2n) is 5.16. The largest absolute Gasteiger partial charge is 0.300 e. The molecule has 2 saturated heterocycles. The zero-order valence-corrected chi connectivity index (χ0v) is 11.5. The van der Waals surface area contributed by atoms with Crippen LogP contribution in [-0.2, 0) is 4.79 Å². The summed E-state index contributed by atoms with van der Waals surface area (Å²) in [6.45, 7) is 1.07. The molecule has 0 radical (unpaired) electrons. The van der Waals surface area contributed by atoms with Gasteiger partial charge in [0, 0.05) is 35.0 Å². The molecule has 3 rings (SSSR count). The van der Waals surface area contributed by atoms with Crippen LogP contribution in [0, 0.1) is 0 Å². The number of Topliss-reactive ketones (excluding diaryl/α,β-unsaturated/α-hetero) is 1. The molecule has 0 aromatic heterocycles. The average molecular weight is 284 g/mol. The van der Waals surface area contributed by atoms with Gasteiger partial charge in [0.1, 0.15) is 5.78 Å². The Kier molecular flexibility index (Phi) is 3.35. The lowest BCUT2D eigenvalue weighted by Gasteiger charge is -2.37. The molecule has 1 aromatic carbocycles. The first-order valence-corrected chi connectivity index (χ1v) is 7.13. The molecule has 96 valence electrons. The first-order chi connectivity index (χ1) is 8.65. The number of carbonyl (C=O) groups is 1. The molecule has 2 atom stereocenters. The normalized spacial score (nSPS) is 28.4. The van der Waals surface area contributed by atoms with Gasteiger partial charge in [-0.25, -0.2) is 0 Å². The van der Waals surface area contributed by atoms with Gasteiger partial charge in [0.15, 0.2) is 0 Å². The van der Waals surface area contributed by atoms with Gasteiger partial charge in [-0.15, -0.1) is 0 Å². The molecule has 0 bridgehead atoms. The summed E-state index contributed by atoms with van der Waals surface area (Å²) in [6, 6.07) is 6.14. The van der Waals surface area contributed by atoms with Crippen LogP contribution in [-0.4, -0.2) is 23.3 Å². The molecule has 1 aromatic rings. The Balaban J connectivity index is 1.96. The van der Waals surface area contributed by atoms with E-state index < -0.39 is 0 Å². The molecule has 0 saturated carbocycles. The quantitative estimate of drug-likeness (QED) is 0.780. The summed E-state index contributed by atoms with van der Waals surface area (Å²) in [5.74, 6) is 0.356. The third-order valence-corrected chi connectivity index (χ3v) is 4.59. The molecule has 2 nitrogen and oxygen atoms in total. The fraction of sp³-hybridized carbons (Fsp3) is 0.500. The highest BCUT2D eigenvalue weighted by molar-refractivity contribution is 6.35. The van der Waals surface area contributed by atoms with Crippen molar-refractivity contribution in [1.29, 1.82) is 0 Å². The molecule has 2 aliphatic heterocycles. The van der Waals surface area contributed by atoms with Crippen LogP contribution in [0.2, 0.25) is 10.0 Å². The van der Waals surface area contributed by atoms with E-state index in [0.29, 0.717) is 34.7 Å². The molecule has 2 fully saturated rings. The van der Waals surface area contributed by atoms with E-state index >= 15 is 0 Å². The summed E-state index contributed by atoms with van der Waals surface area (Å²) < 4.78 is 0. The van der Waals surface area contributed by atoms with E-state index in [1.165, 1.54) is 6.42 Å². The van der Waals surface area contributed by atoms with Gasteiger partial charge >= 0.3 is 0 Å². The van der Waals surface area contributed by atoms with E-state index in [1.807, 2.05) is 12.1 Å². The van der Waals surface area contributed by atoms with Gasteiger partial charge in [-0.1, -0.05) is 29.3 Å². The number of benzene rings is 1. The van der Waals surface area contributed by atoms with Gasteiger partial charge in [0.05, 0.1) is 0 Å². The highest BCUT2D eigenvalue weighted by Gasteiger charge is 2.38. The molecule has 2 heterocycles. The van der Waals surface area contributed by atoms with Crippen LogP contribution in [0.4, 0.5) is 0 Å². The zero-order valence-electron chi connectivity index (χ0n) is 10.0. The molecule has 18 heavy (non-hydrogen) atoms. The Bertz CT molecular complexity index is 489. The van der Waals surface area contributed by atoms with Gasteiger partial charge in [-0.3, -0.25) is 9.69 Å². The van der Waals surface area contributed by atoms with Gasteiger partial charge < -0.3 is 0 Å². The maximum atomic E-state index is 11.9. The lowest BCUT2D eigenvalue weighted by molar-refractivity contribution is -0.124. The van der Waals surface area contributed by atoms with Crippen LogP contribution in [0.25, 0.3) is 0 Å². The predicted octanol–water partition coefficient (Wildman–Crippen LogP) is 3.86. The summed E-state index contributed by atoms with van der Waals surface area (Å²) in [7, 11) is 0. The van der Waals surface area contributed by atoms with Gasteiger partial charge in [-0.05, 0) is 37.1 Å². The molecule has 0 amide bonds. The molecule has 0 N–H and O–H groups in total. The summed E-state index contributed by atoms with van der Waals surface area (Å²) in [5.41, 5.74) is 1.04. The van der Waals surface area contributed by atoms with Crippen LogP contribution in [0.3, 0.4) is 0 Å². The zero-order chi connectivity index (χ0) is 12.7. The van der Waals surface area contributed by atoms with Crippen LogP contribution in [0.1, 0.15) is 37.3 Å². The van der Waals surface area contributed by atoms with Crippen molar-refractivity contribution in [2.75, 3.05) is 6.54 Å². The summed E-state index contributed by atoms with van der Waals surface area (Å²) >= 11 is 12.2. The van der Waals surface area contributed by atoms with Crippen LogP contribution < -0.4 is 0 Å². The van der Waals surface area contributed by atoms with E-state index in [9.17, 15) is 4.79 Å². The number of rotatable bonds is 1. The lowest BCUT2D eigenvalue weighted by atomic mass is 9.91. The van der Waals surface area contributed by atoms with Crippen molar-refractivity contribution in [2.24, 2.45) is 0 Å². The molecule has 4 heteroatoms. The van der Waals surface area contributed by atoms with Crippen molar-refractivity contribution < 1.29 is 4.79 Å². The Hall–Kier alpha value is -0.570. The van der Waals surface area contributed by atoms with E-state index in [-0.39, 0.29) is 6.04 Å². The van der Waals surface area contributed by atoms with E-state index in [4.69, 9.17) is 23.2 Å². The Morgan fingerprint density at radius 3 is 2.83 bits per heavy atom. The summed E-state index contributed by atoms with van der Waals surface area (Å²) in [4.78, 5) is 14.3. The lowest BCUT2D eigenvalue weighted by Crippen LogP contribution is -2.40. The van der Waals surface area contributed by atoms with Crippen LogP contribution in [0.5, 0.6) is 0 Å². The monoisotopic (exact) mass is 283 g/mol. The minimum absolute atomic E-state index is 0.142. The fourth-order valence-corrected chi connectivity index (χ4v) is 3.76. The minimum atomic E-state index is 0.142. The highest BCUT2D eigenvalue weighted by atomic mass is 35.5. The van der Waals surface area contributed by atoms with Gasteiger partial charge in [-0.2, -0.15) is 0 Å². The number of halogens is 2. The van der Waals surface area contributed by atoms with Crippen molar-refractivity contribution in [1.82, 2.24) is 4.90 Å². The van der Waals surface area contributed by atoms with Gasteiger partial charge in [0.25, 0.3) is 0 Å². The smallest absolute Gasteiger partial charge is 0.136 e. The standard InChI is InChI=1S/C14H15Cl2NO/c15-9-3-4-12(13(16)6-9)14-8-11(18)7-10-2-1-5-17(10)14/h3-4,6,10,14H,1-2,5,7-8H2/t10-,14-/m0/s1. The third kappa shape index (κ3) is 2.18. The number of nitrogens with zero attached hydrogens (tertiary/aromatic N) is 1. The molecule has 2 aliphatic rings. The van der Waals surface area contributed by atoms with Crippen molar-refractivity contribution >= 4 is 29.0 Å². The SMILES string of the molecule is O=C1C[C@@H]2CCCN2[C@H](c2ccc(Cl)cc2Cl)C1. The summed E-state index contributed by atoms with van der Waals surface area (Å²) in [5, 5.41) is 1.32. The number of ketones is 1. The van der Waals surface area contributed by atoms with Crippen LogP contribution >= 0.6 is 23.2 Å². The molecule has 0 aliphatic carbocycles. The van der Waals surface area contributed by atoms with E-state index in [0.717, 1.165) is 18.5 Å². The average Bonchev–Trinajstić information content (AvgIpc) is 2.76. The second kappa shape index (κ2) is 4.84. The summed E-state index contributed by atoms with van der Waals surface area (Å²) in [6.07, 6.45) is 3.60. The molecule has 0 spiro atoms. The molecule has 0 unspecified atom stereocenters. The van der Waals surface area contributed by atoms with E-state index in [1.54, 1.807) is 6.07 Å². The maximum Gasteiger partial charge on any atom is 0.136 e. The molecular weight excluding hydrogens is 269 g/mol. The Labute approximate surface area is 117 Å². The Morgan fingerprint density at radius 1 is 1.22 bits per heavy atom.